The van der Waals surface area contributed by atoms with Gasteiger partial charge in [0.25, 0.3) is 0 Å². The highest BCUT2D eigenvalue weighted by Gasteiger charge is 2.09. The van der Waals surface area contributed by atoms with Gasteiger partial charge < -0.3 is 15.0 Å². The summed E-state index contributed by atoms with van der Waals surface area (Å²) in [6, 6.07) is 4.09. The van der Waals surface area contributed by atoms with Crippen LogP contribution < -0.4 is 10.1 Å². The van der Waals surface area contributed by atoms with E-state index in [1.54, 1.807) is 7.11 Å². The molecular formula is C14H24Br2Cl2N2O. The summed E-state index contributed by atoms with van der Waals surface area (Å²) in [5.41, 5.74) is 1.16. The molecule has 0 amide bonds. The van der Waals surface area contributed by atoms with E-state index >= 15 is 0 Å². The Morgan fingerprint density at radius 1 is 1.14 bits per heavy atom. The van der Waals surface area contributed by atoms with Gasteiger partial charge in [-0.05, 0) is 41.2 Å². The van der Waals surface area contributed by atoms with E-state index in [1.165, 1.54) is 0 Å². The number of nitrogens with one attached hydrogen (secondary N) is 1. The summed E-state index contributed by atoms with van der Waals surface area (Å²) in [7, 11) is 1.70. The van der Waals surface area contributed by atoms with Crippen LogP contribution in [0.2, 0.25) is 0 Å². The number of benzene rings is 1. The molecule has 0 heterocycles. The van der Waals surface area contributed by atoms with E-state index in [1.807, 2.05) is 6.07 Å². The highest BCUT2D eigenvalue weighted by Crippen LogP contribution is 2.32. The van der Waals surface area contributed by atoms with Gasteiger partial charge in [0.05, 0.1) is 11.6 Å². The number of hydrogen-bond acceptors (Lipinski definition) is 3. The second-order valence-corrected chi connectivity index (χ2v) is 6.05. The van der Waals surface area contributed by atoms with Crippen LogP contribution in [0.4, 0.5) is 0 Å². The molecule has 0 saturated carbocycles. The van der Waals surface area contributed by atoms with Crippen LogP contribution in [0.15, 0.2) is 21.1 Å². The van der Waals surface area contributed by atoms with Gasteiger partial charge in [0.15, 0.2) is 0 Å². The molecule has 0 aliphatic heterocycles. The lowest BCUT2D eigenvalue weighted by Crippen LogP contribution is -2.31. The van der Waals surface area contributed by atoms with E-state index in [9.17, 15) is 0 Å². The maximum atomic E-state index is 5.43. The summed E-state index contributed by atoms with van der Waals surface area (Å²) >= 11 is 7.03. The van der Waals surface area contributed by atoms with E-state index < -0.39 is 0 Å². The monoisotopic (exact) mass is 464 g/mol. The summed E-state index contributed by atoms with van der Waals surface area (Å²) in [5.74, 6) is 0.901. The number of rotatable bonds is 8. The highest BCUT2D eigenvalue weighted by atomic mass is 79.9. The zero-order chi connectivity index (χ0) is 14.3. The van der Waals surface area contributed by atoms with Crippen molar-refractivity contribution in [3.05, 3.63) is 26.6 Å². The van der Waals surface area contributed by atoms with Crippen LogP contribution in [0, 0.1) is 0 Å². The van der Waals surface area contributed by atoms with E-state index in [4.69, 9.17) is 4.74 Å². The summed E-state index contributed by atoms with van der Waals surface area (Å²) < 4.78 is 7.47. The normalized spacial score (nSPS) is 10.0. The van der Waals surface area contributed by atoms with Gasteiger partial charge in [-0.15, -0.1) is 24.8 Å². The lowest BCUT2D eigenvalue weighted by Gasteiger charge is -2.18. The number of hydrogen-bond donors (Lipinski definition) is 1. The third-order valence-corrected chi connectivity index (χ3v) is 4.15. The Morgan fingerprint density at radius 2 is 1.76 bits per heavy atom. The molecule has 124 valence electrons. The molecule has 0 aromatic heterocycles. The quantitative estimate of drug-likeness (QED) is 0.571. The molecule has 0 saturated heterocycles. The second kappa shape index (κ2) is 13.0. The highest BCUT2D eigenvalue weighted by molar-refractivity contribution is 9.11. The van der Waals surface area contributed by atoms with Crippen molar-refractivity contribution in [1.29, 1.82) is 0 Å². The molecule has 0 atom stereocenters. The lowest BCUT2D eigenvalue weighted by atomic mass is 10.2. The Kier molecular flexibility index (Phi) is 14.7. The molecule has 1 N–H and O–H groups in total. The lowest BCUT2D eigenvalue weighted by molar-refractivity contribution is 0.302. The van der Waals surface area contributed by atoms with Crippen LogP contribution in [-0.2, 0) is 6.54 Å². The van der Waals surface area contributed by atoms with Crippen molar-refractivity contribution in [2.45, 2.75) is 20.4 Å². The zero-order valence-electron chi connectivity index (χ0n) is 12.6. The van der Waals surface area contributed by atoms with Crippen molar-refractivity contribution >= 4 is 56.7 Å². The molecule has 0 fully saturated rings. The van der Waals surface area contributed by atoms with Gasteiger partial charge in [0.1, 0.15) is 5.75 Å². The molecule has 3 nitrogen and oxygen atoms in total. The fourth-order valence-electron chi connectivity index (χ4n) is 1.97. The number of likely N-dealkylation sites (N-methyl/N-ethyl adjacent to an activating group) is 1. The van der Waals surface area contributed by atoms with Gasteiger partial charge in [-0.25, -0.2) is 0 Å². The largest absolute Gasteiger partial charge is 0.495 e. The van der Waals surface area contributed by atoms with Gasteiger partial charge in [-0.1, -0.05) is 29.8 Å². The van der Waals surface area contributed by atoms with Gasteiger partial charge in [0.2, 0.25) is 0 Å². The summed E-state index contributed by atoms with van der Waals surface area (Å²) in [6.07, 6.45) is 0. The van der Waals surface area contributed by atoms with Gasteiger partial charge in [-0.2, -0.15) is 0 Å². The van der Waals surface area contributed by atoms with Gasteiger partial charge in [0, 0.05) is 29.7 Å². The molecule has 0 bridgehead atoms. The van der Waals surface area contributed by atoms with Crippen LogP contribution >= 0.6 is 56.7 Å². The summed E-state index contributed by atoms with van der Waals surface area (Å²) in [4.78, 5) is 2.40. The van der Waals surface area contributed by atoms with Crippen molar-refractivity contribution in [3.8, 4) is 5.75 Å². The van der Waals surface area contributed by atoms with Gasteiger partial charge >= 0.3 is 0 Å². The van der Waals surface area contributed by atoms with Gasteiger partial charge in [-0.3, -0.25) is 0 Å². The first kappa shape index (κ1) is 23.7. The fraction of sp³-hybridized carbons (Fsp3) is 0.571. The molecule has 0 radical (unpaired) electrons. The molecule has 1 aromatic carbocycles. The standard InChI is InChI=1S/C14H22Br2N2O.2ClH/c1-4-18(5-2)7-6-17-10-11-8-12(15)9-13(16)14(11)19-3;;/h8-9,17H,4-7,10H2,1-3H3;2*1H. The van der Waals surface area contributed by atoms with Crippen molar-refractivity contribution in [3.63, 3.8) is 0 Å². The molecule has 1 aromatic rings. The number of ether oxygens (including phenoxy) is 1. The predicted octanol–water partition coefficient (Wildman–Crippen LogP) is 4.50. The minimum atomic E-state index is 0. The van der Waals surface area contributed by atoms with Crippen LogP contribution in [-0.4, -0.2) is 38.2 Å². The zero-order valence-corrected chi connectivity index (χ0v) is 17.4. The molecule has 0 aliphatic carbocycles. The maximum Gasteiger partial charge on any atom is 0.137 e. The molecule has 7 heteroatoms. The first-order valence-corrected chi connectivity index (χ1v) is 8.15. The second-order valence-electron chi connectivity index (χ2n) is 4.28. The minimum Gasteiger partial charge on any atom is -0.495 e. The van der Waals surface area contributed by atoms with Crippen LogP contribution in [0.5, 0.6) is 5.75 Å². The molecule has 21 heavy (non-hydrogen) atoms. The third kappa shape index (κ3) is 8.05. The fourth-order valence-corrected chi connectivity index (χ4v) is 3.45. The molecule has 0 aliphatic rings. The summed E-state index contributed by atoms with van der Waals surface area (Å²) in [5, 5.41) is 3.47. The molecule has 0 spiro atoms. The number of nitrogens with zero attached hydrogens (tertiary/aromatic N) is 1. The Labute approximate surface area is 157 Å². The molecule has 1 rings (SSSR count). The topological polar surface area (TPSA) is 24.5 Å². The van der Waals surface area contributed by atoms with Crippen molar-refractivity contribution < 1.29 is 4.74 Å². The number of halogens is 4. The Morgan fingerprint density at radius 3 is 2.29 bits per heavy atom. The van der Waals surface area contributed by atoms with Crippen molar-refractivity contribution in [2.75, 3.05) is 33.3 Å². The van der Waals surface area contributed by atoms with E-state index in [0.29, 0.717) is 0 Å². The van der Waals surface area contributed by atoms with E-state index in [-0.39, 0.29) is 24.8 Å². The average Bonchev–Trinajstić information content (AvgIpc) is 2.38. The van der Waals surface area contributed by atoms with Crippen LogP contribution in [0.1, 0.15) is 19.4 Å². The summed E-state index contributed by atoms with van der Waals surface area (Å²) in [6.45, 7) is 9.45. The third-order valence-electron chi connectivity index (χ3n) is 3.10. The maximum absolute atomic E-state index is 5.43. The Balaban J connectivity index is 0. The SMILES string of the molecule is CCN(CC)CCNCc1cc(Br)cc(Br)c1OC.Cl.Cl. The van der Waals surface area contributed by atoms with Crippen LogP contribution in [0.3, 0.4) is 0 Å². The Bertz CT molecular complexity index is 405. The van der Waals surface area contributed by atoms with Crippen molar-refractivity contribution in [2.24, 2.45) is 0 Å². The number of methoxy groups -OCH3 is 1. The first-order valence-electron chi connectivity index (χ1n) is 6.57. The molecular weight excluding hydrogens is 443 g/mol. The first-order chi connectivity index (χ1) is 9.12. The van der Waals surface area contributed by atoms with E-state index in [0.717, 1.165) is 53.0 Å². The Hall–Kier alpha value is 0.480. The molecule has 0 unspecified atom stereocenters. The minimum absolute atomic E-state index is 0. The smallest absolute Gasteiger partial charge is 0.137 e. The van der Waals surface area contributed by atoms with Crippen molar-refractivity contribution in [1.82, 2.24) is 10.2 Å². The van der Waals surface area contributed by atoms with E-state index in [2.05, 4.69) is 62.0 Å². The average molecular weight is 467 g/mol. The van der Waals surface area contributed by atoms with Crippen LogP contribution in [0.25, 0.3) is 0 Å². The predicted molar refractivity (Wildman–Crippen MR) is 102 cm³/mol.